The number of rotatable bonds is 3. The van der Waals surface area contributed by atoms with Crippen LogP contribution in [0.2, 0.25) is 0 Å². The second-order valence-corrected chi connectivity index (χ2v) is 5.17. The van der Waals surface area contributed by atoms with Crippen LogP contribution < -0.4 is 5.73 Å². The summed E-state index contributed by atoms with van der Waals surface area (Å²) in [5, 5.41) is 8.91. The van der Waals surface area contributed by atoms with E-state index in [1.807, 2.05) is 6.92 Å². The van der Waals surface area contributed by atoms with Gasteiger partial charge >= 0.3 is 0 Å². The Morgan fingerprint density at radius 1 is 1.60 bits per heavy atom. The lowest BCUT2D eigenvalue weighted by Gasteiger charge is -2.39. The molecule has 2 N–H and O–H groups in total. The van der Waals surface area contributed by atoms with Crippen molar-refractivity contribution in [3.63, 3.8) is 0 Å². The molecule has 0 radical (unpaired) electrons. The van der Waals surface area contributed by atoms with Crippen LogP contribution in [0.15, 0.2) is 0 Å². The van der Waals surface area contributed by atoms with Gasteiger partial charge in [-0.1, -0.05) is 6.42 Å². The number of hydrogen-bond donors (Lipinski definition) is 1. The standard InChI is InChI=1S/C12H23N3/c1-10-6-4-5-7-15(10)11(2)8-12(3,14)9-13/h10-11H,4-8,14H2,1-3H3. The SMILES string of the molecule is CC1CCCCN1C(C)CC(C)(N)C#N. The van der Waals surface area contributed by atoms with Gasteiger partial charge in [-0.25, -0.2) is 0 Å². The molecule has 0 aromatic carbocycles. The monoisotopic (exact) mass is 209 g/mol. The smallest absolute Gasteiger partial charge is 0.102 e. The van der Waals surface area contributed by atoms with Crippen LogP contribution in [0.3, 0.4) is 0 Å². The summed E-state index contributed by atoms with van der Waals surface area (Å²) in [7, 11) is 0. The summed E-state index contributed by atoms with van der Waals surface area (Å²) in [6, 6.07) is 3.23. The number of nitriles is 1. The van der Waals surface area contributed by atoms with Crippen LogP contribution in [-0.4, -0.2) is 29.1 Å². The van der Waals surface area contributed by atoms with Crippen LogP contribution in [-0.2, 0) is 0 Å². The zero-order valence-corrected chi connectivity index (χ0v) is 10.2. The number of nitrogens with two attached hydrogens (primary N) is 1. The summed E-state index contributed by atoms with van der Waals surface area (Å²) in [5.41, 5.74) is 5.20. The first-order chi connectivity index (χ1) is 6.96. The molecule has 0 bridgehead atoms. The van der Waals surface area contributed by atoms with Crippen LogP contribution in [0, 0.1) is 11.3 Å². The molecule has 1 saturated heterocycles. The van der Waals surface area contributed by atoms with Gasteiger partial charge in [-0.2, -0.15) is 5.26 Å². The number of hydrogen-bond acceptors (Lipinski definition) is 3. The van der Waals surface area contributed by atoms with E-state index in [2.05, 4.69) is 24.8 Å². The highest BCUT2D eigenvalue weighted by molar-refractivity contribution is 5.03. The molecule has 0 saturated carbocycles. The van der Waals surface area contributed by atoms with E-state index in [9.17, 15) is 0 Å². The van der Waals surface area contributed by atoms with Gasteiger partial charge in [0.2, 0.25) is 0 Å². The topological polar surface area (TPSA) is 53.0 Å². The fourth-order valence-electron chi connectivity index (χ4n) is 2.55. The van der Waals surface area contributed by atoms with E-state index in [0.717, 1.165) is 13.0 Å². The minimum absolute atomic E-state index is 0.412. The summed E-state index contributed by atoms with van der Waals surface area (Å²) in [6.07, 6.45) is 4.65. The molecule has 3 unspecified atom stereocenters. The summed E-state index contributed by atoms with van der Waals surface area (Å²) < 4.78 is 0. The zero-order chi connectivity index (χ0) is 11.5. The fourth-order valence-corrected chi connectivity index (χ4v) is 2.55. The molecule has 0 aromatic rings. The minimum atomic E-state index is -0.684. The average Bonchev–Trinajstić information content (AvgIpc) is 2.17. The first-order valence-electron chi connectivity index (χ1n) is 5.92. The Labute approximate surface area is 93.2 Å². The molecule has 1 heterocycles. The Morgan fingerprint density at radius 2 is 2.27 bits per heavy atom. The maximum Gasteiger partial charge on any atom is 0.102 e. The highest BCUT2D eigenvalue weighted by Crippen LogP contribution is 2.22. The van der Waals surface area contributed by atoms with Crippen molar-refractivity contribution in [3.8, 4) is 6.07 Å². The van der Waals surface area contributed by atoms with E-state index in [-0.39, 0.29) is 0 Å². The van der Waals surface area contributed by atoms with Gasteiger partial charge < -0.3 is 5.73 Å². The highest BCUT2D eigenvalue weighted by atomic mass is 15.2. The van der Waals surface area contributed by atoms with Crippen molar-refractivity contribution in [3.05, 3.63) is 0 Å². The second kappa shape index (κ2) is 4.96. The quantitative estimate of drug-likeness (QED) is 0.772. The molecule has 3 heteroatoms. The predicted octanol–water partition coefficient (Wildman–Crippen LogP) is 1.88. The highest BCUT2D eigenvalue weighted by Gasteiger charge is 2.28. The van der Waals surface area contributed by atoms with Gasteiger partial charge in [-0.05, 0) is 46.6 Å². The predicted molar refractivity (Wildman–Crippen MR) is 62.3 cm³/mol. The molecule has 1 rings (SSSR count). The van der Waals surface area contributed by atoms with E-state index < -0.39 is 5.54 Å². The van der Waals surface area contributed by atoms with Gasteiger partial charge in [0.15, 0.2) is 0 Å². The van der Waals surface area contributed by atoms with E-state index >= 15 is 0 Å². The number of nitrogens with zero attached hydrogens (tertiary/aromatic N) is 2. The van der Waals surface area contributed by atoms with Crippen LogP contribution in [0.25, 0.3) is 0 Å². The van der Waals surface area contributed by atoms with Crippen molar-refractivity contribution < 1.29 is 0 Å². The largest absolute Gasteiger partial charge is 0.314 e. The third-order valence-corrected chi connectivity index (χ3v) is 3.40. The molecule has 0 aliphatic carbocycles. The van der Waals surface area contributed by atoms with Crippen LogP contribution in [0.1, 0.15) is 46.5 Å². The lowest BCUT2D eigenvalue weighted by atomic mass is 9.93. The Kier molecular flexibility index (Phi) is 4.12. The molecule has 3 nitrogen and oxygen atoms in total. The van der Waals surface area contributed by atoms with Crippen molar-refractivity contribution >= 4 is 0 Å². The second-order valence-electron chi connectivity index (χ2n) is 5.17. The molecule has 15 heavy (non-hydrogen) atoms. The van der Waals surface area contributed by atoms with E-state index in [0.29, 0.717) is 12.1 Å². The Morgan fingerprint density at radius 3 is 2.80 bits per heavy atom. The molecular formula is C12H23N3. The van der Waals surface area contributed by atoms with E-state index in [1.165, 1.54) is 19.3 Å². The number of piperidine rings is 1. The van der Waals surface area contributed by atoms with Crippen molar-refractivity contribution in [1.82, 2.24) is 4.90 Å². The van der Waals surface area contributed by atoms with Gasteiger partial charge in [-0.3, -0.25) is 4.90 Å². The van der Waals surface area contributed by atoms with Crippen LogP contribution >= 0.6 is 0 Å². The average molecular weight is 209 g/mol. The molecule has 86 valence electrons. The Hall–Kier alpha value is -0.590. The summed E-state index contributed by atoms with van der Waals surface area (Å²) in [4.78, 5) is 2.49. The molecule has 1 fully saturated rings. The van der Waals surface area contributed by atoms with Crippen molar-refractivity contribution in [2.75, 3.05) is 6.54 Å². The lowest BCUT2D eigenvalue weighted by molar-refractivity contribution is 0.101. The van der Waals surface area contributed by atoms with Gasteiger partial charge in [0.25, 0.3) is 0 Å². The Balaban J connectivity index is 2.52. The van der Waals surface area contributed by atoms with Gasteiger partial charge in [0.05, 0.1) is 6.07 Å². The van der Waals surface area contributed by atoms with Crippen LogP contribution in [0.5, 0.6) is 0 Å². The third-order valence-electron chi connectivity index (χ3n) is 3.40. The van der Waals surface area contributed by atoms with Crippen molar-refractivity contribution in [2.45, 2.75) is 64.1 Å². The Bertz CT molecular complexity index is 242. The summed E-state index contributed by atoms with van der Waals surface area (Å²) in [5.74, 6) is 0. The molecular weight excluding hydrogens is 186 g/mol. The van der Waals surface area contributed by atoms with Gasteiger partial charge in [0, 0.05) is 12.1 Å². The zero-order valence-electron chi connectivity index (χ0n) is 10.2. The molecule has 1 aliphatic rings. The molecule has 0 amide bonds. The summed E-state index contributed by atoms with van der Waals surface area (Å²) >= 11 is 0. The number of likely N-dealkylation sites (tertiary alicyclic amines) is 1. The molecule has 0 spiro atoms. The first kappa shape index (κ1) is 12.5. The molecule has 0 aromatic heterocycles. The van der Waals surface area contributed by atoms with E-state index in [4.69, 9.17) is 11.0 Å². The van der Waals surface area contributed by atoms with Gasteiger partial charge in [0.1, 0.15) is 5.54 Å². The summed E-state index contributed by atoms with van der Waals surface area (Å²) in [6.45, 7) is 7.43. The van der Waals surface area contributed by atoms with Crippen LogP contribution in [0.4, 0.5) is 0 Å². The molecule has 1 aliphatic heterocycles. The minimum Gasteiger partial charge on any atom is -0.314 e. The first-order valence-corrected chi connectivity index (χ1v) is 5.92. The normalized spacial score (nSPS) is 29.1. The van der Waals surface area contributed by atoms with Gasteiger partial charge in [-0.15, -0.1) is 0 Å². The molecule has 3 atom stereocenters. The maximum atomic E-state index is 8.91. The maximum absolute atomic E-state index is 8.91. The fraction of sp³-hybridized carbons (Fsp3) is 0.917. The van der Waals surface area contributed by atoms with Crippen molar-refractivity contribution in [1.29, 1.82) is 5.26 Å². The van der Waals surface area contributed by atoms with E-state index in [1.54, 1.807) is 0 Å². The van der Waals surface area contributed by atoms with Crippen molar-refractivity contribution in [2.24, 2.45) is 5.73 Å². The lowest BCUT2D eigenvalue weighted by Crippen LogP contribution is -2.48. The third kappa shape index (κ3) is 3.48.